The molecule has 1 aliphatic rings. The van der Waals surface area contributed by atoms with Crippen LogP contribution < -0.4 is 0 Å². The number of hydrogen-bond acceptors (Lipinski definition) is 5. The topological polar surface area (TPSA) is 74.0 Å². The minimum atomic E-state index is -0.259. The van der Waals surface area contributed by atoms with E-state index in [0.717, 1.165) is 44.5 Å². The van der Waals surface area contributed by atoms with Gasteiger partial charge in [-0.05, 0) is 38.3 Å². The van der Waals surface area contributed by atoms with Crippen LogP contribution in [0.4, 0.5) is 0 Å². The third-order valence-corrected chi connectivity index (χ3v) is 5.73. The summed E-state index contributed by atoms with van der Waals surface area (Å²) in [6, 6.07) is 0. The zero-order chi connectivity index (χ0) is 19.4. The first-order chi connectivity index (χ1) is 13.1. The maximum absolute atomic E-state index is 12.9. The SMILES string of the molecule is CC[C@@H](O)C1CCN(C(=O)c2cnn3cc(CN(CC)CC)cnc23)CC1. The van der Waals surface area contributed by atoms with Gasteiger partial charge in [0.25, 0.3) is 5.91 Å². The van der Waals surface area contributed by atoms with Gasteiger partial charge in [-0.2, -0.15) is 5.10 Å². The van der Waals surface area contributed by atoms with Crippen molar-refractivity contribution in [3.05, 3.63) is 29.7 Å². The lowest BCUT2D eigenvalue weighted by atomic mass is 9.90. The smallest absolute Gasteiger partial charge is 0.259 e. The minimum Gasteiger partial charge on any atom is -0.393 e. The van der Waals surface area contributed by atoms with Crippen LogP contribution >= 0.6 is 0 Å². The predicted molar refractivity (Wildman–Crippen MR) is 105 cm³/mol. The molecule has 0 unspecified atom stereocenters. The highest BCUT2D eigenvalue weighted by Crippen LogP contribution is 2.24. The first-order valence-corrected chi connectivity index (χ1v) is 10.1. The monoisotopic (exact) mass is 373 g/mol. The molecule has 7 nitrogen and oxygen atoms in total. The summed E-state index contributed by atoms with van der Waals surface area (Å²) in [7, 11) is 0. The van der Waals surface area contributed by atoms with Crippen molar-refractivity contribution in [3.63, 3.8) is 0 Å². The van der Waals surface area contributed by atoms with E-state index >= 15 is 0 Å². The van der Waals surface area contributed by atoms with Gasteiger partial charge in [0.2, 0.25) is 0 Å². The Kier molecular flexibility index (Phi) is 6.44. The van der Waals surface area contributed by atoms with Crippen LogP contribution in [0, 0.1) is 5.92 Å². The highest BCUT2D eigenvalue weighted by Gasteiger charge is 2.28. The van der Waals surface area contributed by atoms with Gasteiger partial charge in [-0.15, -0.1) is 0 Å². The molecule has 3 rings (SSSR count). The lowest BCUT2D eigenvalue weighted by Gasteiger charge is -2.33. The van der Waals surface area contributed by atoms with E-state index in [1.54, 1.807) is 10.7 Å². The molecule has 1 amide bonds. The summed E-state index contributed by atoms with van der Waals surface area (Å²) in [5, 5.41) is 14.4. The van der Waals surface area contributed by atoms with Crippen molar-refractivity contribution in [2.24, 2.45) is 5.92 Å². The van der Waals surface area contributed by atoms with Gasteiger partial charge in [-0.25, -0.2) is 9.50 Å². The van der Waals surface area contributed by atoms with Gasteiger partial charge >= 0.3 is 0 Å². The van der Waals surface area contributed by atoms with Crippen molar-refractivity contribution in [2.45, 2.75) is 52.7 Å². The summed E-state index contributed by atoms with van der Waals surface area (Å²) >= 11 is 0. The maximum Gasteiger partial charge on any atom is 0.259 e. The Morgan fingerprint density at radius 2 is 1.96 bits per heavy atom. The van der Waals surface area contributed by atoms with Crippen LogP contribution in [-0.4, -0.2) is 67.7 Å². The number of amides is 1. The van der Waals surface area contributed by atoms with Crippen LogP contribution in [0.15, 0.2) is 18.6 Å². The molecule has 2 aromatic rings. The quantitative estimate of drug-likeness (QED) is 0.805. The molecular formula is C20H31N5O2. The first kappa shape index (κ1) is 19.8. The number of aliphatic hydroxyl groups is 1. The third-order valence-electron chi connectivity index (χ3n) is 5.73. The lowest BCUT2D eigenvalue weighted by Crippen LogP contribution is -2.41. The first-order valence-electron chi connectivity index (χ1n) is 10.1. The van der Waals surface area contributed by atoms with Crippen LogP contribution in [-0.2, 0) is 6.54 Å². The normalized spacial score (nSPS) is 17.0. The van der Waals surface area contributed by atoms with Crippen molar-refractivity contribution in [2.75, 3.05) is 26.2 Å². The minimum absolute atomic E-state index is 0.0153. The van der Waals surface area contributed by atoms with Crippen molar-refractivity contribution in [3.8, 4) is 0 Å². The average molecular weight is 374 g/mol. The van der Waals surface area contributed by atoms with Gasteiger partial charge in [0.15, 0.2) is 5.65 Å². The number of piperidine rings is 1. The molecule has 1 fully saturated rings. The predicted octanol–water partition coefficient (Wildman–Crippen LogP) is 2.19. The Morgan fingerprint density at radius 3 is 2.59 bits per heavy atom. The van der Waals surface area contributed by atoms with E-state index in [2.05, 4.69) is 28.8 Å². The van der Waals surface area contributed by atoms with Crippen LogP contribution in [0.3, 0.4) is 0 Å². The number of likely N-dealkylation sites (tertiary alicyclic amines) is 1. The highest BCUT2D eigenvalue weighted by molar-refractivity contribution is 5.99. The number of hydrogen-bond donors (Lipinski definition) is 1. The van der Waals surface area contributed by atoms with Gasteiger partial charge in [0.1, 0.15) is 5.56 Å². The number of aromatic nitrogens is 3. The molecule has 0 spiro atoms. The summed E-state index contributed by atoms with van der Waals surface area (Å²) in [6.07, 6.45) is 7.63. The molecule has 1 N–H and O–H groups in total. The van der Waals surface area contributed by atoms with Crippen molar-refractivity contribution < 1.29 is 9.90 Å². The Bertz CT molecular complexity index is 763. The Labute approximate surface area is 161 Å². The summed E-state index contributed by atoms with van der Waals surface area (Å²) in [6.45, 7) is 10.4. The van der Waals surface area contributed by atoms with Crippen LogP contribution in [0.25, 0.3) is 5.65 Å². The molecule has 1 aliphatic heterocycles. The van der Waals surface area contributed by atoms with Gasteiger partial charge < -0.3 is 10.0 Å². The van der Waals surface area contributed by atoms with Crippen molar-refractivity contribution >= 4 is 11.6 Å². The van der Waals surface area contributed by atoms with E-state index in [4.69, 9.17) is 0 Å². The molecule has 27 heavy (non-hydrogen) atoms. The van der Waals surface area contributed by atoms with Crippen LogP contribution in [0.5, 0.6) is 0 Å². The Balaban J connectivity index is 1.71. The number of aliphatic hydroxyl groups excluding tert-OH is 1. The standard InChI is InChI=1S/C20H31N5O2/c1-4-18(26)16-7-9-24(10-8-16)20(27)17-12-22-25-14-15(11-21-19(17)25)13-23(5-2)6-3/h11-12,14,16,18,26H,4-10,13H2,1-3H3/t18-/m1/s1. The second kappa shape index (κ2) is 8.80. The second-order valence-electron chi connectivity index (χ2n) is 7.36. The molecule has 2 aromatic heterocycles. The summed E-state index contributed by atoms with van der Waals surface area (Å²) in [5.74, 6) is 0.280. The van der Waals surface area contributed by atoms with Crippen molar-refractivity contribution in [1.82, 2.24) is 24.4 Å². The van der Waals surface area contributed by atoms with Crippen LogP contribution in [0.2, 0.25) is 0 Å². The number of fused-ring (bicyclic) bond motifs is 1. The van der Waals surface area contributed by atoms with E-state index in [0.29, 0.717) is 30.2 Å². The number of carbonyl (C=O) groups excluding carboxylic acids is 1. The number of rotatable bonds is 7. The number of carbonyl (C=O) groups is 1. The van der Waals surface area contributed by atoms with E-state index in [-0.39, 0.29) is 12.0 Å². The third kappa shape index (κ3) is 4.30. The lowest BCUT2D eigenvalue weighted by molar-refractivity contribution is 0.0455. The van der Waals surface area contributed by atoms with Crippen LogP contribution in [0.1, 0.15) is 56.0 Å². The van der Waals surface area contributed by atoms with E-state index in [9.17, 15) is 9.90 Å². The fourth-order valence-corrected chi connectivity index (χ4v) is 3.84. The largest absolute Gasteiger partial charge is 0.393 e. The molecule has 1 atom stereocenters. The molecular weight excluding hydrogens is 342 g/mol. The molecule has 0 aliphatic carbocycles. The Morgan fingerprint density at radius 1 is 1.26 bits per heavy atom. The molecule has 7 heteroatoms. The van der Waals surface area contributed by atoms with Gasteiger partial charge in [0.05, 0.1) is 12.3 Å². The molecule has 148 valence electrons. The summed E-state index contributed by atoms with van der Waals surface area (Å²) < 4.78 is 1.71. The maximum atomic E-state index is 12.9. The summed E-state index contributed by atoms with van der Waals surface area (Å²) in [5.41, 5.74) is 2.25. The fraction of sp³-hybridized carbons (Fsp3) is 0.650. The molecule has 1 saturated heterocycles. The zero-order valence-electron chi connectivity index (χ0n) is 16.6. The number of nitrogens with zero attached hydrogens (tertiary/aromatic N) is 5. The Hall–Kier alpha value is -1.99. The fourth-order valence-electron chi connectivity index (χ4n) is 3.84. The molecule has 0 saturated carbocycles. The van der Waals surface area contributed by atoms with E-state index < -0.39 is 0 Å². The average Bonchev–Trinajstić information content (AvgIpc) is 3.14. The van der Waals surface area contributed by atoms with Gasteiger partial charge in [-0.3, -0.25) is 9.69 Å². The molecule has 3 heterocycles. The highest BCUT2D eigenvalue weighted by atomic mass is 16.3. The van der Waals surface area contributed by atoms with Gasteiger partial charge in [-0.1, -0.05) is 20.8 Å². The molecule has 0 aromatic carbocycles. The zero-order valence-corrected chi connectivity index (χ0v) is 16.6. The molecule has 0 radical (unpaired) electrons. The van der Waals surface area contributed by atoms with Gasteiger partial charge in [0, 0.05) is 37.6 Å². The summed E-state index contributed by atoms with van der Waals surface area (Å²) in [4.78, 5) is 21.6. The molecule has 0 bridgehead atoms. The second-order valence-corrected chi connectivity index (χ2v) is 7.36. The van der Waals surface area contributed by atoms with E-state index in [1.165, 1.54) is 0 Å². The van der Waals surface area contributed by atoms with Crippen molar-refractivity contribution in [1.29, 1.82) is 0 Å². The van der Waals surface area contributed by atoms with E-state index in [1.807, 2.05) is 24.2 Å².